The number of halogens is 1. The summed E-state index contributed by atoms with van der Waals surface area (Å²) < 4.78 is 5.90. The van der Waals surface area contributed by atoms with Gasteiger partial charge in [0.25, 0.3) is 0 Å². The fraction of sp³-hybridized carbons (Fsp3) is 0.611. The number of aliphatic imine (C=N–C) groups is 1. The van der Waals surface area contributed by atoms with Crippen molar-refractivity contribution in [3.05, 3.63) is 35.9 Å². The summed E-state index contributed by atoms with van der Waals surface area (Å²) >= 11 is 0. The highest BCUT2D eigenvalue weighted by Gasteiger charge is 2.41. The van der Waals surface area contributed by atoms with Gasteiger partial charge in [0.05, 0.1) is 18.2 Å². The molecule has 2 fully saturated rings. The molecule has 0 saturated carbocycles. The fourth-order valence-electron chi connectivity index (χ4n) is 3.40. The summed E-state index contributed by atoms with van der Waals surface area (Å²) in [5.41, 5.74) is 1.39. The molecule has 2 N–H and O–H groups in total. The average Bonchev–Trinajstić information content (AvgIpc) is 3.15. The quantitative estimate of drug-likeness (QED) is 0.316. The molecular weight excluding hydrogens is 401 g/mol. The van der Waals surface area contributed by atoms with Gasteiger partial charge in [0.15, 0.2) is 5.96 Å². The van der Waals surface area contributed by atoms with Crippen molar-refractivity contribution in [1.29, 1.82) is 0 Å². The van der Waals surface area contributed by atoms with Crippen molar-refractivity contribution in [2.75, 3.05) is 13.1 Å². The third-order valence-electron chi connectivity index (χ3n) is 4.51. The van der Waals surface area contributed by atoms with Gasteiger partial charge in [-0.15, -0.1) is 24.0 Å². The van der Waals surface area contributed by atoms with Gasteiger partial charge in [-0.3, -0.25) is 4.99 Å². The number of hydrogen-bond acceptors (Lipinski definition) is 2. The van der Waals surface area contributed by atoms with Gasteiger partial charge < -0.3 is 15.4 Å². The van der Waals surface area contributed by atoms with E-state index in [1.807, 2.05) is 0 Å². The standard InChI is InChI=1S/C18H27N3O.HI/c1-2-19-18(21-16-13-15-10-11-17(16)22-15)20-12-6-9-14-7-4-3-5-8-14;/h3-5,7-8,15-17H,2,6,9-13H2,1H3,(H2,19,20,21);1H. The van der Waals surface area contributed by atoms with E-state index in [2.05, 4.69) is 47.9 Å². The lowest BCUT2D eigenvalue weighted by molar-refractivity contribution is 0.0992. The number of fused-ring (bicyclic) bond motifs is 2. The van der Waals surface area contributed by atoms with Crippen LogP contribution in [0.15, 0.2) is 35.3 Å². The van der Waals surface area contributed by atoms with E-state index in [0.29, 0.717) is 18.2 Å². The van der Waals surface area contributed by atoms with E-state index < -0.39 is 0 Å². The Hall–Kier alpha value is -0.820. The molecule has 3 rings (SSSR count). The highest BCUT2D eigenvalue weighted by molar-refractivity contribution is 14.0. The Balaban J connectivity index is 0.00000192. The van der Waals surface area contributed by atoms with E-state index in [4.69, 9.17) is 9.73 Å². The van der Waals surface area contributed by atoms with Gasteiger partial charge in [0.2, 0.25) is 0 Å². The molecule has 23 heavy (non-hydrogen) atoms. The molecule has 3 atom stereocenters. The lowest BCUT2D eigenvalue weighted by Crippen LogP contribution is -2.47. The van der Waals surface area contributed by atoms with E-state index in [1.54, 1.807) is 0 Å². The topological polar surface area (TPSA) is 45.7 Å². The summed E-state index contributed by atoms with van der Waals surface area (Å²) in [6, 6.07) is 11.1. The molecule has 2 aliphatic rings. The number of ether oxygens (including phenoxy) is 1. The molecule has 4 nitrogen and oxygen atoms in total. The molecule has 0 aliphatic carbocycles. The van der Waals surface area contributed by atoms with Gasteiger partial charge in [-0.1, -0.05) is 30.3 Å². The smallest absolute Gasteiger partial charge is 0.191 e. The molecule has 0 radical (unpaired) electrons. The monoisotopic (exact) mass is 429 g/mol. The molecule has 128 valence electrons. The Morgan fingerprint density at radius 1 is 1.26 bits per heavy atom. The highest BCUT2D eigenvalue weighted by atomic mass is 127. The number of nitrogens with one attached hydrogen (secondary N) is 2. The first-order chi connectivity index (χ1) is 10.8. The van der Waals surface area contributed by atoms with Crippen LogP contribution in [0.1, 0.15) is 38.2 Å². The zero-order chi connectivity index (χ0) is 15.2. The van der Waals surface area contributed by atoms with Crippen molar-refractivity contribution >= 4 is 29.9 Å². The third-order valence-corrected chi connectivity index (χ3v) is 4.51. The maximum atomic E-state index is 5.90. The van der Waals surface area contributed by atoms with Crippen molar-refractivity contribution in [2.45, 2.75) is 57.3 Å². The molecule has 3 unspecified atom stereocenters. The van der Waals surface area contributed by atoms with E-state index in [9.17, 15) is 0 Å². The van der Waals surface area contributed by atoms with Crippen LogP contribution < -0.4 is 10.6 Å². The van der Waals surface area contributed by atoms with Gasteiger partial charge >= 0.3 is 0 Å². The number of benzene rings is 1. The zero-order valence-electron chi connectivity index (χ0n) is 13.8. The van der Waals surface area contributed by atoms with Crippen LogP contribution in [0.5, 0.6) is 0 Å². The van der Waals surface area contributed by atoms with E-state index in [1.165, 1.54) is 18.4 Å². The summed E-state index contributed by atoms with van der Waals surface area (Å²) in [7, 11) is 0. The Labute approximate surface area is 156 Å². The van der Waals surface area contributed by atoms with Gasteiger partial charge in [-0.25, -0.2) is 0 Å². The van der Waals surface area contributed by atoms with Crippen LogP contribution in [0, 0.1) is 0 Å². The number of rotatable bonds is 6. The first-order valence-corrected chi connectivity index (χ1v) is 8.59. The van der Waals surface area contributed by atoms with Crippen LogP contribution >= 0.6 is 24.0 Å². The number of aryl methyl sites for hydroxylation is 1. The second-order valence-electron chi connectivity index (χ2n) is 6.21. The van der Waals surface area contributed by atoms with Crippen molar-refractivity contribution < 1.29 is 4.74 Å². The summed E-state index contributed by atoms with van der Waals surface area (Å²) in [6.07, 6.45) is 6.57. The first kappa shape index (κ1) is 18.5. The Kier molecular flexibility index (Phi) is 7.62. The minimum absolute atomic E-state index is 0. The fourth-order valence-corrected chi connectivity index (χ4v) is 3.40. The predicted molar refractivity (Wildman–Crippen MR) is 106 cm³/mol. The Morgan fingerprint density at radius 3 is 2.74 bits per heavy atom. The lowest BCUT2D eigenvalue weighted by atomic mass is 9.96. The summed E-state index contributed by atoms with van der Waals surface area (Å²) in [5.74, 6) is 0.941. The van der Waals surface area contributed by atoms with Crippen LogP contribution in [0.25, 0.3) is 0 Å². The Bertz CT molecular complexity index is 494. The molecule has 5 heteroatoms. The number of nitrogens with zero attached hydrogens (tertiary/aromatic N) is 1. The van der Waals surface area contributed by atoms with Crippen molar-refractivity contribution in [1.82, 2.24) is 10.6 Å². The molecule has 2 heterocycles. The van der Waals surface area contributed by atoms with Crippen LogP contribution in [0.4, 0.5) is 0 Å². The molecule has 2 saturated heterocycles. The van der Waals surface area contributed by atoms with E-state index in [-0.39, 0.29) is 24.0 Å². The molecule has 0 amide bonds. The second-order valence-corrected chi connectivity index (χ2v) is 6.21. The van der Waals surface area contributed by atoms with E-state index in [0.717, 1.165) is 38.3 Å². The van der Waals surface area contributed by atoms with Gasteiger partial charge in [0.1, 0.15) is 0 Å². The molecule has 0 aromatic heterocycles. The predicted octanol–water partition coefficient (Wildman–Crippen LogP) is 3.11. The normalized spacial score (nSPS) is 26.0. The summed E-state index contributed by atoms with van der Waals surface area (Å²) in [4.78, 5) is 4.71. The summed E-state index contributed by atoms with van der Waals surface area (Å²) in [5, 5.41) is 6.91. The lowest BCUT2D eigenvalue weighted by Gasteiger charge is -2.22. The van der Waals surface area contributed by atoms with Gasteiger partial charge in [-0.05, 0) is 44.6 Å². The summed E-state index contributed by atoms with van der Waals surface area (Å²) in [6.45, 7) is 3.86. The molecular formula is C18H28IN3O. The molecule has 1 aromatic carbocycles. The van der Waals surface area contributed by atoms with Crippen LogP contribution in [-0.4, -0.2) is 37.3 Å². The van der Waals surface area contributed by atoms with Crippen molar-refractivity contribution in [2.24, 2.45) is 4.99 Å². The van der Waals surface area contributed by atoms with E-state index >= 15 is 0 Å². The first-order valence-electron chi connectivity index (χ1n) is 8.59. The van der Waals surface area contributed by atoms with Crippen LogP contribution in [0.3, 0.4) is 0 Å². The molecule has 2 bridgehead atoms. The largest absolute Gasteiger partial charge is 0.373 e. The van der Waals surface area contributed by atoms with Crippen LogP contribution in [0.2, 0.25) is 0 Å². The second kappa shape index (κ2) is 9.47. The maximum absolute atomic E-state index is 5.90. The maximum Gasteiger partial charge on any atom is 0.191 e. The Morgan fingerprint density at radius 2 is 2.09 bits per heavy atom. The third kappa shape index (κ3) is 5.35. The van der Waals surface area contributed by atoms with Crippen molar-refractivity contribution in [3.8, 4) is 0 Å². The van der Waals surface area contributed by atoms with Gasteiger partial charge in [-0.2, -0.15) is 0 Å². The minimum atomic E-state index is 0. The molecule has 0 spiro atoms. The SMILES string of the molecule is CCNC(=NCCCc1ccccc1)NC1CC2CCC1O2.I. The number of guanidine groups is 1. The number of hydrogen-bond donors (Lipinski definition) is 2. The van der Waals surface area contributed by atoms with Crippen molar-refractivity contribution in [3.63, 3.8) is 0 Å². The molecule has 1 aromatic rings. The minimum Gasteiger partial charge on any atom is -0.373 e. The van der Waals surface area contributed by atoms with Gasteiger partial charge in [0, 0.05) is 13.1 Å². The average molecular weight is 429 g/mol. The zero-order valence-corrected chi connectivity index (χ0v) is 16.2. The highest BCUT2D eigenvalue weighted by Crippen LogP contribution is 2.34. The van der Waals surface area contributed by atoms with Crippen LogP contribution in [-0.2, 0) is 11.2 Å². The molecule has 2 aliphatic heterocycles.